The Labute approximate surface area is 101 Å². The van der Waals surface area contributed by atoms with E-state index in [0.717, 1.165) is 22.8 Å². The standard InChI is InChI=1S/C12H19NO2S/c1-12(13,9-14)7-8-16-11-6-4-3-5-10(11)15-2/h3-6,14H,7-9,13H2,1-2H3. The average Bonchev–Trinajstić information content (AvgIpc) is 2.29. The van der Waals surface area contributed by atoms with E-state index in [-0.39, 0.29) is 6.61 Å². The van der Waals surface area contributed by atoms with Gasteiger partial charge in [0.05, 0.1) is 13.7 Å². The number of rotatable bonds is 6. The highest BCUT2D eigenvalue weighted by molar-refractivity contribution is 7.99. The van der Waals surface area contributed by atoms with Crippen LogP contribution in [0.3, 0.4) is 0 Å². The van der Waals surface area contributed by atoms with Crippen molar-refractivity contribution in [3.8, 4) is 5.75 Å². The first kappa shape index (κ1) is 13.4. The van der Waals surface area contributed by atoms with Gasteiger partial charge in [0.25, 0.3) is 0 Å². The Morgan fingerprint density at radius 2 is 2.12 bits per heavy atom. The Kier molecular flexibility index (Phi) is 5.12. The molecule has 0 saturated heterocycles. The molecule has 1 unspecified atom stereocenters. The van der Waals surface area contributed by atoms with Crippen molar-refractivity contribution < 1.29 is 9.84 Å². The van der Waals surface area contributed by atoms with Crippen LogP contribution in [-0.4, -0.2) is 30.1 Å². The van der Waals surface area contributed by atoms with Crippen LogP contribution < -0.4 is 10.5 Å². The molecular weight excluding hydrogens is 222 g/mol. The molecule has 1 rings (SSSR count). The van der Waals surface area contributed by atoms with Crippen molar-refractivity contribution in [2.45, 2.75) is 23.8 Å². The van der Waals surface area contributed by atoms with Crippen LogP contribution in [0.15, 0.2) is 29.2 Å². The van der Waals surface area contributed by atoms with E-state index in [1.165, 1.54) is 0 Å². The van der Waals surface area contributed by atoms with Crippen molar-refractivity contribution in [3.05, 3.63) is 24.3 Å². The average molecular weight is 241 g/mol. The Bertz CT molecular complexity index is 329. The van der Waals surface area contributed by atoms with Gasteiger partial charge in [0.1, 0.15) is 5.75 Å². The maximum Gasteiger partial charge on any atom is 0.132 e. The highest BCUT2D eigenvalue weighted by Gasteiger charge is 2.16. The van der Waals surface area contributed by atoms with Gasteiger partial charge < -0.3 is 15.6 Å². The molecule has 90 valence electrons. The summed E-state index contributed by atoms with van der Waals surface area (Å²) in [5.41, 5.74) is 5.37. The Morgan fingerprint density at radius 3 is 2.75 bits per heavy atom. The molecule has 0 aliphatic heterocycles. The Balaban J connectivity index is 2.49. The van der Waals surface area contributed by atoms with Crippen molar-refractivity contribution in [2.24, 2.45) is 5.73 Å². The molecule has 0 saturated carbocycles. The zero-order valence-corrected chi connectivity index (χ0v) is 10.6. The second-order valence-corrected chi connectivity index (χ2v) is 5.20. The smallest absolute Gasteiger partial charge is 0.132 e. The van der Waals surface area contributed by atoms with Crippen LogP contribution in [0.4, 0.5) is 0 Å². The van der Waals surface area contributed by atoms with E-state index >= 15 is 0 Å². The van der Waals surface area contributed by atoms with Crippen LogP contribution in [0.2, 0.25) is 0 Å². The van der Waals surface area contributed by atoms with E-state index < -0.39 is 5.54 Å². The fourth-order valence-electron chi connectivity index (χ4n) is 1.21. The number of ether oxygens (including phenoxy) is 1. The molecule has 0 bridgehead atoms. The lowest BCUT2D eigenvalue weighted by Gasteiger charge is -2.21. The minimum absolute atomic E-state index is 0.0134. The normalized spacial score (nSPS) is 14.5. The molecule has 1 aromatic rings. The SMILES string of the molecule is COc1ccccc1SCCC(C)(N)CO. The van der Waals surface area contributed by atoms with E-state index in [1.807, 2.05) is 31.2 Å². The molecule has 4 heteroatoms. The molecule has 0 fully saturated rings. The molecule has 1 atom stereocenters. The molecule has 3 N–H and O–H groups in total. The largest absolute Gasteiger partial charge is 0.496 e. The van der Waals surface area contributed by atoms with Gasteiger partial charge in [-0.3, -0.25) is 0 Å². The quantitative estimate of drug-likeness (QED) is 0.747. The van der Waals surface area contributed by atoms with Crippen molar-refractivity contribution >= 4 is 11.8 Å². The maximum absolute atomic E-state index is 9.03. The molecule has 0 spiro atoms. The highest BCUT2D eigenvalue weighted by atomic mass is 32.2. The third-order valence-electron chi connectivity index (χ3n) is 2.36. The van der Waals surface area contributed by atoms with Gasteiger partial charge in [-0.1, -0.05) is 12.1 Å². The molecule has 3 nitrogen and oxygen atoms in total. The number of methoxy groups -OCH3 is 1. The minimum Gasteiger partial charge on any atom is -0.496 e. The lowest BCUT2D eigenvalue weighted by molar-refractivity contribution is 0.206. The van der Waals surface area contributed by atoms with E-state index in [2.05, 4.69) is 0 Å². The van der Waals surface area contributed by atoms with Gasteiger partial charge in [-0.25, -0.2) is 0 Å². The van der Waals surface area contributed by atoms with Gasteiger partial charge in [-0.05, 0) is 31.2 Å². The van der Waals surface area contributed by atoms with Crippen molar-refractivity contribution in [2.75, 3.05) is 19.5 Å². The summed E-state index contributed by atoms with van der Waals surface area (Å²) in [6, 6.07) is 7.90. The number of aliphatic hydroxyl groups is 1. The second kappa shape index (κ2) is 6.13. The second-order valence-electron chi connectivity index (χ2n) is 4.06. The molecule has 0 heterocycles. The van der Waals surface area contributed by atoms with Gasteiger partial charge in [0.15, 0.2) is 0 Å². The van der Waals surface area contributed by atoms with Crippen LogP contribution in [0.1, 0.15) is 13.3 Å². The summed E-state index contributed by atoms with van der Waals surface area (Å²) in [6.07, 6.45) is 0.770. The van der Waals surface area contributed by atoms with Crippen molar-refractivity contribution in [1.82, 2.24) is 0 Å². The molecule has 0 aromatic heterocycles. The Morgan fingerprint density at radius 1 is 1.44 bits per heavy atom. The summed E-state index contributed by atoms with van der Waals surface area (Å²) in [4.78, 5) is 1.11. The van der Waals surface area contributed by atoms with E-state index in [4.69, 9.17) is 15.6 Å². The number of benzene rings is 1. The summed E-state index contributed by atoms with van der Waals surface area (Å²) >= 11 is 1.70. The molecule has 16 heavy (non-hydrogen) atoms. The fraction of sp³-hybridized carbons (Fsp3) is 0.500. The number of aliphatic hydroxyl groups excluding tert-OH is 1. The third kappa shape index (κ3) is 4.04. The predicted octanol–water partition coefficient (Wildman–Crippen LogP) is 1.89. The predicted molar refractivity (Wildman–Crippen MR) is 68.0 cm³/mol. The first-order chi connectivity index (χ1) is 7.59. The Hall–Kier alpha value is -0.710. The van der Waals surface area contributed by atoms with Crippen molar-refractivity contribution in [3.63, 3.8) is 0 Å². The van der Waals surface area contributed by atoms with Crippen LogP contribution in [0, 0.1) is 0 Å². The highest BCUT2D eigenvalue weighted by Crippen LogP contribution is 2.29. The number of para-hydroxylation sites is 1. The minimum atomic E-state index is -0.491. The van der Waals surface area contributed by atoms with Gasteiger partial charge in [-0.15, -0.1) is 11.8 Å². The van der Waals surface area contributed by atoms with Crippen LogP contribution in [0.5, 0.6) is 5.75 Å². The third-order valence-corrected chi connectivity index (χ3v) is 3.42. The number of hydrogen-bond donors (Lipinski definition) is 2. The summed E-state index contributed by atoms with van der Waals surface area (Å²) in [5, 5.41) is 9.03. The zero-order valence-electron chi connectivity index (χ0n) is 9.77. The monoisotopic (exact) mass is 241 g/mol. The molecule has 0 aliphatic carbocycles. The van der Waals surface area contributed by atoms with E-state index in [0.29, 0.717) is 0 Å². The lowest BCUT2D eigenvalue weighted by Crippen LogP contribution is -2.40. The van der Waals surface area contributed by atoms with Gasteiger partial charge in [0, 0.05) is 10.4 Å². The molecule has 1 aromatic carbocycles. The zero-order chi connectivity index (χ0) is 12.0. The lowest BCUT2D eigenvalue weighted by atomic mass is 10.0. The molecule has 0 radical (unpaired) electrons. The number of thioether (sulfide) groups is 1. The number of nitrogens with two attached hydrogens (primary N) is 1. The van der Waals surface area contributed by atoms with Crippen molar-refractivity contribution in [1.29, 1.82) is 0 Å². The summed E-state index contributed by atoms with van der Waals surface area (Å²) < 4.78 is 5.25. The summed E-state index contributed by atoms with van der Waals surface area (Å²) in [6.45, 7) is 1.87. The van der Waals surface area contributed by atoms with E-state index in [1.54, 1.807) is 18.9 Å². The van der Waals surface area contributed by atoms with Gasteiger partial charge >= 0.3 is 0 Å². The van der Waals surface area contributed by atoms with Crippen LogP contribution >= 0.6 is 11.8 Å². The van der Waals surface area contributed by atoms with E-state index in [9.17, 15) is 0 Å². The number of hydrogen-bond acceptors (Lipinski definition) is 4. The first-order valence-electron chi connectivity index (χ1n) is 5.24. The van der Waals surface area contributed by atoms with Gasteiger partial charge in [0.2, 0.25) is 0 Å². The molecule has 0 amide bonds. The summed E-state index contributed by atoms with van der Waals surface area (Å²) in [5.74, 6) is 1.75. The first-order valence-corrected chi connectivity index (χ1v) is 6.23. The van der Waals surface area contributed by atoms with Crippen LogP contribution in [0.25, 0.3) is 0 Å². The summed E-state index contributed by atoms with van der Waals surface area (Å²) in [7, 11) is 1.67. The fourth-order valence-corrected chi connectivity index (χ4v) is 2.47. The molecular formula is C12H19NO2S. The molecule has 0 aliphatic rings. The van der Waals surface area contributed by atoms with Gasteiger partial charge in [-0.2, -0.15) is 0 Å². The van der Waals surface area contributed by atoms with Crippen LogP contribution in [-0.2, 0) is 0 Å². The maximum atomic E-state index is 9.03. The topological polar surface area (TPSA) is 55.5 Å².